The molecule has 0 heterocycles. The summed E-state index contributed by atoms with van der Waals surface area (Å²) >= 11 is 8.28. The van der Waals surface area contributed by atoms with Crippen molar-refractivity contribution in [3.8, 4) is 0 Å². The fourth-order valence-corrected chi connectivity index (χ4v) is 2.75. The largest absolute Gasteiger partial charge is 0.393 e. The molecule has 0 aliphatic rings. The van der Waals surface area contributed by atoms with Crippen LogP contribution in [0.25, 0.3) is 0 Å². The third kappa shape index (κ3) is 4.37. The number of thiocarbonyl (C=S) groups is 1. The molecule has 21 heavy (non-hydrogen) atoms. The summed E-state index contributed by atoms with van der Waals surface area (Å²) in [7, 11) is 0. The highest BCUT2D eigenvalue weighted by Crippen LogP contribution is 2.20. The van der Waals surface area contributed by atoms with Crippen LogP contribution in [-0.4, -0.2) is 10.9 Å². The molecule has 0 radical (unpaired) electrons. The van der Waals surface area contributed by atoms with E-state index in [0.717, 1.165) is 21.3 Å². The Hall–Kier alpha value is -1.72. The van der Waals surface area contributed by atoms with Crippen molar-refractivity contribution in [3.05, 3.63) is 63.6 Å². The van der Waals surface area contributed by atoms with E-state index in [-0.39, 0.29) is 5.91 Å². The van der Waals surface area contributed by atoms with Crippen molar-refractivity contribution in [2.45, 2.75) is 13.3 Å². The fraction of sp³-hybridized carbons (Fsp3) is 0.125. The van der Waals surface area contributed by atoms with E-state index in [9.17, 15) is 4.79 Å². The number of anilines is 1. The van der Waals surface area contributed by atoms with Gasteiger partial charge in [-0.3, -0.25) is 4.79 Å². The number of nitrogens with one attached hydrogen (secondary N) is 1. The van der Waals surface area contributed by atoms with E-state index < -0.39 is 0 Å². The van der Waals surface area contributed by atoms with Gasteiger partial charge in [0.15, 0.2) is 0 Å². The van der Waals surface area contributed by atoms with Crippen molar-refractivity contribution in [3.63, 3.8) is 0 Å². The van der Waals surface area contributed by atoms with Gasteiger partial charge in [0.2, 0.25) is 0 Å². The SMILES string of the molecule is Cc1ccc(C(=O)Nc2ccc(CC(N)=S)cc2)c(Br)c1. The molecule has 108 valence electrons. The molecule has 3 nitrogen and oxygen atoms in total. The van der Waals surface area contributed by atoms with Crippen LogP contribution in [-0.2, 0) is 6.42 Å². The highest BCUT2D eigenvalue weighted by Gasteiger charge is 2.10. The molecule has 0 saturated heterocycles. The third-order valence-electron chi connectivity index (χ3n) is 2.96. The average Bonchev–Trinajstić information content (AvgIpc) is 2.40. The van der Waals surface area contributed by atoms with E-state index in [1.807, 2.05) is 43.3 Å². The highest BCUT2D eigenvalue weighted by atomic mass is 79.9. The zero-order valence-electron chi connectivity index (χ0n) is 11.5. The molecule has 0 aliphatic carbocycles. The summed E-state index contributed by atoms with van der Waals surface area (Å²) in [4.78, 5) is 12.7. The molecule has 0 aliphatic heterocycles. The number of amides is 1. The molecule has 0 fully saturated rings. The molecule has 0 saturated carbocycles. The minimum atomic E-state index is -0.149. The normalized spacial score (nSPS) is 10.2. The van der Waals surface area contributed by atoms with Gasteiger partial charge in [-0.2, -0.15) is 0 Å². The second kappa shape index (κ2) is 6.83. The Morgan fingerprint density at radius 2 is 1.90 bits per heavy atom. The molecule has 0 aromatic heterocycles. The number of halogens is 1. The van der Waals surface area contributed by atoms with E-state index in [2.05, 4.69) is 21.2 Å². The van der Waals surface area contributed by atoms with Gasteiger partial charge in [-0.15, -0.1) is 0 Å². The monoisotopic (exact) mass is 362 g/mol. The predicted molar refractivity (Wildman–Crippen MR) is 93.8 cm³/mol. The fourth-order valence-electron chi connectivity index (χ4n) is 1.91. The topological polar surface area (TPSA) is 55.1 Å². The first-order valence-electron chi connectivity index (χ1n) is 6.40. The number of hydrogen-bond acceptors (Lipinski definition) is 2. The molecule has 2 aromatic rings. The van der Waals surface area contributed by atoms with Crippen molar-refractivity contribution in [2.75, 3.05) is 5.32 Å². The maximum Gasteiger partial charge on any atom is 0.256 e. The summed E-state index contributed by atoms with van der Waals surface area (Å²) in [5, 5.41) is 2.87. The standard InChI is InChI=1S/C16H15BrN2OS/c1-10-2-7-13(14(17)8-10)16(20)19-12-5-3-11(4-6-12)9-15(18)21/h2-8H,9H2,1H3,(H2,18,21)(H,19,20). The van der Waals surface area contributed by atoms with Crippen molar-refractivity contribution in [1.29, 1.82) is 0 Å². The first-order valence-corrected chi connectivity index (χ1v) is 7.60. The summed E-state index contributed by atoms with van der Waals surface area (Å²) in [6.45, 7) is 1.98. The Morgan fingerprint density at radius 1 is 1.24 bits per heavy atom. The van der Waals surface area contributed by atoms with Gasteiger partial charge in [-0.25, -0.2) is 0 Å². The smallest absolute Gasteiger partial charge is 0.256 e. The van der Waals surface area contributed by atoms with Gasteiger partial charge in [-0.05, 0) is 58.2 Å². The molecular formula is C16H15BrN2OS. The minimum absolute atomic E-state index is 0.149. The molecule has 3 N–H and O–H groups in total. The number of carbonyl (C=O) groups is 1. The van der Waals surface area contributed by atoms with Gasteiger partial charge in [0, 0.05) is 16.6 Å². The Labute approximate surface area is 137 Å². The Morgan fingerprint density at radius 3 is 2.48 bits per heavy atom. The number of aryl methyl sites for hydroxylation is 1. The average molecular weight is 363 g/mol. The maximum atomic E-state index is 12.2. The van der Waals surface area contributed by atoms with Gasteiger partial charge >= 0.3 is 0 Å². The lowest BCUT2D eigenvalue weighted by Crippen LogP contribution is -2.13. The molecule has 0 bridgehead atoms. The second-order valence-corrected chi connectivity index (χ2v) is 6.16. The zero-order chi connectivity index (χ0) is 15.4. The summed E-state index contributed by atoms with van der Waals surface area (Å²) in [6.07, 6.45) is 0.563. The number of nitrogens with two attached hydrogens (primary N) is 1. The van der Waals surface area contributed by atoms with Gasteiger partial charge in [0.25, 0.3) is 5.91 Å². The minimum Gasteiger partial charge on any atom is -0.393 e. The highest BCUT2D eigenvalue weighted by molar-refractivity contribution is 9.10. The van der Waals surface area contributed by atoms with Crippen molar-refractivity contribution >= 4 is 44.7 Å². The molecule has 5 heteroatoms. The maximum absolute atomic E-state index is 12.2. The molecular weight excluding hydrogens is 348 g/mol. The van der Waals surface area contributed by atoms with E-state index in [4.69, 9.17) is 18.0 Å². The van der Waals surface area contributed by atoms with Crippen LogP contribution in [0.15, 0.2) is 46.9 Å². The van der Waals surface area contributed by atoms with Gasteiger partial charge in [0.1, 0.15) is 0 Å². The Kier molecular flexibility index (Phi) is 5.09. The van der Waals surface area contributed by atoms with Crippen LogP contribution in [0.5, 0.6) is 0 Å². The molecule has 1 amide bonds. The van der Waals surface area contributed by atoms with E-state index >= 15 is 0 Å². The number of hydrogen-bond donors (Lipinski definition) is 2. The van der Waals surface area contributed by atoms with Crippen molar-refractivity contribution in [1.82, 2.24) is 0 Å². The summed E-state index contributed by atoms with van der Waals surface area (Å²) in [5.74, 6) is -0.149. The first-order chi connectivity index (χ1) is 9.95. The van der Waals surface area contributed by atoms with Gasteiger partial charge < -0.3 is 11.1 Å². The Balaban J connectivity index is 2.10. The number of carbonyl (C=O) groups excluding carboxylic acids is 1. The lowest BCUT2D eigenvalue weighted by Gasteiger charge is -2.08. The predicted octanol–water partition coefficient (Wildman–Crippen LogP) is 3.84. The van der Waals surface area contributed by atoms with Crippen LogP contribution in [0.2, 0.25) is 0 Å². The van der Waals surface area contributed by atoms with Crippen LogP contribution in [0, 0.1) is 6.92 Å². The molecule has 0 atom stereocenters. The lowest BCUT2D eigenvalue weighted by atomic mass is 10.1. The molecule has 0 unspecified atom stereocenters. The van der Waals surface area contributed by atoms with Crippen LogP contribution in [0.1, 0.15) is 21.5 Å². The van der Waals surface area contributed by atoms with E-state index in [0.29, 0.717) is 17.0 Å². The van der Waals surface area contributed by atoms with Crippen LogP contribution < -0.4 is 11.1 Å². The zero-order valence-corrected chi connectivity index (χ0v) is 13.9. The van der Waals surface area contributed by atoms with Crippen molar-refractivity contribution < 1.29 is 4.79 Å². The Bertz CT molecular complexity index is 683. The van der Waals surface area contributed by atoms with E-state index in [1.165, 1.54) is 0 Å². The van der Waals surface area contributed by atoms with Gasteiger partial charge in [0.05, 0.1) is 10.6 Å². The van der Waals surface area contributed by atoms with Crippen LogP contribution in [0.3, 0.4) is 0 Å². The quantitative estimate of drug-likeness (QED) is 0.812. The van der Waals surface area contributed by atoms with E-state index in [1.54, 1.807) is 6.07 Å². The summed E-state index contributed by atoms with van der Waals surface area (Å²) in [6, 6.07) is 13.1. The lowest BCUT2D eigenvalue weighted by molar-refractivity contribution is 0.102. The van der Waals surface area contributed by atoms with Crippen molar-refractivity contribution in [2.24, 2.45) is 5.73 Å². The number of benzene rings is 2. The summed E-state index contributed by atoms with van der Waals surface area (Å²) < 4.78 is 0.783. The first kappa shape index (κ1) is 15.7. The van der Waals surface area contributed by atoms with Crippen LogP contribution in [0.4, 0.5) is 5.69 Å². The number of rotatable bonds is 4. The molecule has 0 spiro atoms. The van der Waals surface area contributed by atoms with Crippen LogP contribution >= 0.6 is 28.1 Å². The molecule has 2 aromatic carbocycles. The summed E-state index contributed by atoms with van der Waals surface area (Å²) in [5.41, 5.74) is 8.97. The van der Waals surface area contributed by atoms with Gasteiger partial charge in [-0.1, -0.05) is 30.4 Å². The second-order valence-electron chi connectivity index (χ2n) is 4.78. The third-order valence-corrected chi connectivity index (χ3v) is 3.76. The molecule has 2 rings (SSSR count).